The summed E-state index contributed by atoms with van der Waals surface area (Å²) in [6.07, 6.45) is 0.174. The number of nitrogens with zero attached hydrogens (tertiary/aromatic N) is 1. The van der Waals surface area contributed by atoms with E-state index in [0.717, 1.165) is 0 Å². The molecule has 0 radical (unpaired) electrons. The van der Waals surface area contributed by atoms with Crippen LogP contribution in [0.5, 0.6) is 5.75 Å². The largest absolute Gasteiger partial charge is 0.497 e. The molecular weight excluding hydrogens is 306 g/mol. The van der Waals surface area contributed by atoms with Gasteiger partial charge in [0.1, 0.15) is 10.6 Å². The van der Waals surface area contributed by atoms with Crippen LogP contribution in [-0.2, 0) is 16.0 Å². The average molecular weight is 318 g/mol. The Bertz CT molecular complexity index is 463. The molecule has 1 aromatic rings. The second-order valence-electron chi connectivity index (χ2n) is 3.45. The zero-order chi connectivity index (χ0) is 13.7. The highest BCUT2D eigenvalue weighted by Gasteiger charge is 2.22. The minimum absolute atomic E-state index is 0.0808. The van der Waals surface area contributed by atoms with Crippen molar-refractivity contribution in [2.75, 3.05) is 14.2 Å². The van der Waals surface area contributed by atoms with E-state index in [1.165, 1.54) is 20.3 Å². The number of nitro benzene ring substituents is 1. The maximum atomic E-state index is 11.3. The summed E-state index contributed by atoms with van der Waals surface area (Å²) in [7, 11) is 2.69. The predicted octanol–water partition coefficient (Wildman–Crippen LogP) is 2.08. The fraction of sp³-hybridized carbons (Fsp3) is 0.364. The molecule has 1 aromatic carbocycles. The van der Waals surface area contributed by atoms with Gasteiger partial charge in [-0.05, 0) is 12.1 Å². The summed E-state index contributed by atoms with van der Waals surface area (Å²) in [4.78, 5) is 21.1. The van der Waals surface area contributed by atoms with Crippen molar-refractivity contribution in [2.24, 2.45) is 0 Å². The fourth-order valence-electron chi connectivity index (χ4n) is 1.42. The van der Waals surface area contributed by atoms with Crippen LogP contribution >= 0.6 is 15.9 Å². The summed E-state index contributed by atoms with van der Waals surface area (Å²) in [5.74, 6) is -0.0743. The summed E-state index contributed by atoms with van der Waals surface area (Å²) in [6.45, 7) is 0. The standard InChI is InChI=1S/C11H12BrNO5/c1-17-8-4-3-7(10(6-8)13(15)16)5-9(12)11(14)18-2/h3-4,6,9H,5H2,1-2H3. The van der Waals surface area contributed by atoms with Crippen molar-refractivity contribution in [1.82, 2.24) is 0 Å². The van der Waals surface area contributed by atoms with E-state index in [2.05, 4.69) is 20.7 Å². The van der Waals surface area contributed by atoms with E-state index in [4.69, 9.17) is 4.74 Å². The first kappa shape index (κ1) is 14.4. The van der Waals surface area contributed by atoms with E-state index in [-0.39, 0.29) is 12.1 Å². The highest BCUT2D eigenvalue weighted by molar-refractivity contribution is 9.10. The molecule has 1 atom stereocenters. The van der Waals surface area contributed by atoms with Crippen molar-refractivity contribution in [1.29, 1.82) is 0 Å². The second kappa shape index (κ2) is 6.34. The monoisotopic (exact) mass is 317 g/mol. The van der Waals surface area contributed by atoms with Crippen molar-refractivity contribution in [3.63, 3.8) is 0 Å². The Morgan fingerprint density at radius 3 is 2.67 bits per heavy atom. The number of benzene rings is 1. The van der Waals surface area contributed by atoms with Gasteiger partial charge in [0.05, 0.1) is 25.2 Å². The van der Waals surface area contributed by atoms with Crippen molar-refractivity contribution < 1.29 is 19.2 Å². The number of esters is 1. The number of halogens is 1. The van der Waals surface area contributed by atoms with Crippen LogP contribution in [0.3, 0.4) is 0 Å². The lowest BCUT2D eigenvalue weighted by Gasteiger charge is -2.09. The molecule has 7 heteroatoms. The first-order valence-electron chi connectivity index (χ1n) is 5.02. The first-order chi connectivity index (χ1) is 8.49. The maximum Gasteiger partial charge on any atom is 0.319 e. The van der Waals surface area contributed by atoms with Gasteiger partial charge in [-0.1, -0.05) is 15.9 Å². The molecule has 0 aromatic heterocycles. The lowest BCUT2D eigenvalue weighted by molar-refractivity contribution is -0.385. The molecule has 0 aliphatic rings. The van der Waals surface area contributed by atoms with E-state index in [1.54, 1.807) is 12.1 Å². The van der Waals surface area contributed by atoms with E-state index in [0.29, 0.717) is 11.3 Å². The van der Waals surface area contributed by atoms with Gasteiger partial charge in [-0.2, -0.15) is 0 Å². The van der Waals surface area contributed by atoms with E-state index in [9.17, 15) is 14.9 Å². The zero-order valence-electron chi connectivity index (χ0n) is 9.88. The number of nitro groups is 1. The van der Waals surface area contributed by atoms with Gasteiger partial charge in [-0.3, -0.25) is 14.9 Å². The number of carbonyl (C=O) groups excluding carboxylic acids is 1. The van der Waals surface area contributed by atoms with Crippen LogP contribution in [0.15, 0.2) is 18.2 Å². The quantitative estimate of drug-likeness (QED) is 0.359. The second-order valence-corrected chi connectivity index (χ2v) is 4.55. The Labute approximate surface area is 112 Å². The first-order valence-corrected chi connectivity index (χ1v) is 5.94. The minimum atomic E-state index is -0.616. The summed E-state index contributed by atoms with van der Waals surface area (Å²) >= 11 is 3.13. The molecular formula is C11H12BrNO5. The molecule has 18 heavy (non-hydrogen) atoms. The molecule has 0 N–H and O–H groups in total. The van der Waals surface area contributed by atoms with Crippen LogP contribution in [0.4, 0.5) is 5.69 Å². The van der Waals surface area contributed by atoms with Crippen molar-refractivity contribution >= 4 is 27.6 Å². The van der Waals surface area contributed by atoms with Gasteiger partial charge >= 0.3 is 5.97 Å². The number of hydrogen-bond donors (Lipinski definition) is 0. The number of rotatable bonds is 5. The Morgan fingerprint density at radius 1 is 1.50 bits per heavy atom. The van der Waals surface area contributed by atoms with Crippen LogP contribution in [0.2, 0.25) is 0 Å². The Balaban J connectivity index is 3.01. The summed E-state index contributed by atoms with van der Waals surface area (Å²) < 4.78 is 9.47. The molecule has 0 saturated heterocycles. The number of carbonyl (C=O) groups is 1. The van der Waals surface area contributed by atoms with E-state index >= 15 is 0 Å². The van der Waals surface area contributed by atoms with Crippen LogP contribution in [0.25, 0.3) is 0 Å². The van der Waals surface area contributed by atoms with Crippen molar-refractivity contribution in [2.45, 2.75) is 11.2 Å². The Kier molecular flexibility index (Phi) is 5.08. The highest BCUT2D eigenvalue weighted by Crippen LogP contribution is 2.27. The van der Waals surface area contributed by atoms with Gasteiger partial charge in [0.2, 0.25) is 0 Å². The van der Waals surface area contributed by atoms with Gasteiger partial charge in [-0.25, -0.2) is 0 Å². The normalized spacial score (nSPS) is 11.7. The zero-order valence-corrected chi connectivity index (χ0v) is 11.5. The molecule has 0 fully saturated rings. The van der Waals surface area contributed by atoms with Crippen molar-refractivity contribution in [3.05, 3.63) is 33.9 Å². The molecule has 0 heterocycles. The molecule has 0 spiro atoms. The molecule has 1 rings (SSSR count). The number of ether oxygens (including phenoxy) is 2. The van der Waals surface area contributed by atoms with Gasteiger partial charge < -0.3 is 9.47 Å². The lowest BCUT2D eigenvalue weighted by Crippen LogP contribution is -2.18. The molecule has 0 aliphatic heterocycles. The SMILES string of the molecule is COC(=O)C(Br)Cc1ccc(OC)cc1[N+](=O)[O-]. The average Bonchev–Trinajstić information content (AvgIpc) is 2.37. The van der Waals surface area contributed by atoms with Crippen LogP contribution in [0.1, 0.15) is 5.56 Å². The molecule has 0 saturated carbocycles. The fourth-order valence-corrected chi connectivity index (χ4v) is 1.95. The van der Waals surface area contributed by atoms with Crippen molar-refractivity contribution in [3.8, 4) is 5.75 Å². The number of alkyl halides is 1. The van der Waals surface area contributed by atoms with E-state index < -0.39 is 15.7 Å². The van der Waals surface area contributed by atoms with E-state index in [1.807, 2.05) is 0 Å². The topological polar surface area (TPSA) is 78.7 Å². The smallest absolute Gasteiger partial charge is 0.319 e. The molecule has 1 unspecified atom stereocenters. The predicted molar refractivity (Wildman–Crippen MR) is 68.1 cm³/mol. The Morgan fingerprint density at radius 2 is 2.17 bits per heavy atom. The molecule has 0 amide bonds. The lowest BCUT2D eigenvalue weighted by atomic mass is 10.1. The minimum Gasteiger partial charge on any atom is -0.497 e. The third-order valence-electron chi connectivity index (χ3n) is 2.35. The maximum absolute atomic E-state index is 11.3. The summed E-state index contributed by atoms with van der Waals surface area (Å²) in [5.41, 5.74) is 0.357. The third-order valence-corrected chi connectivity index (χ3v) is 3.04. The van der Waals surface area contributed by atoms with Gasteiger partial charge in [0.25, 0.3) is 5.69 Å². The number of hydrogen-bond acceptors (Lipinski definition) is 5. The summed E-state index contributed by atoms with van der Waals surface area (Å²) in [6, 6.07) is 4.50. The molecule has 0 bridgehead atoms. The van der Waals surface area contributed by atoms with Gasteiger partial charge in [0.15, 0.2) is 0 Å². The van der Waals surface area contributed by atoms with Crippen LogP contribution in [0, 0.1) is 10.1 Å². The van der Waals surface area contributed by atoms with Crippen LogP contribution < -0.4 is 4.74 Å². The molecule has 6 nitrogen and oxygen atoms in total. The third kappa shape index (κ3) is 3.43. The molecule has 0 aliphatic carbocycles. The van der Waals surface area contributed by atoms with Crippen LogP contribution in [-0.4, -0.2) is 29.9 Å². The Hall–Kier alpha value is -1.63. The van der Waals surface area contributed by atoms with Gasteiger partial charge in [0, 0.05) is 12.0 Å². The number of methoxy groups -OCH3 is 2. The highest BCUT2D eigenvalue weighted by atomic mass is 79.9. The summed E-state index contributed by atoms with van der Waals surface area (Å²) in [5, 5.41) is 10.9. The molecule has 98 valence electrons. The van der Waals surface area contributed by atoms with Gasteiger partial charge in [-0.15, -0.1) is 0 Å².